The first-order chi connectivity index (χ1) is 9.60. The zero-order valence-corrected chi connectivity index (χ0v) is 11.6. The Balaban J connectivity index is 2.13. The number of nitriles is 1. The molecule has 0 aliphatic heterocycles. The summed E-state index contributed by atoms with van der Waals surface area (Å²) in [4.78, 5) is 0. The average molecular weight is 267 g/mol. The molecule has 0 saturated heterocycles. The van der Waals surface area contributed by atoms with E-state index in [1.807, 2.05) is 37.3 Å². The van der Waals surface area contributed by atoms with E-state index in [4.69, 9.17) is 10.00 Å². The molecule has 3 heteroatoms. The first kappa shape index (κ1) is 14.1. The molecule has 1 N–H and O–H groups in total. The summed E-state index contributed by atoms with van der Waals surface area (Å²) >= 11 is 0. The van der Waals surface area contributed by atoms with Gasteiger partial charge in [0.05, 0.1) is 17.7 Å². The lowest BCUT2D eigenvalue weighted by Gasteiger charge is -2.14. The Morgan fingerprint density at radius 1 is 1.20 bits per heavy atom. The van der Waals surface area contributed by atoms with Crippen LogP contribution < -0.4 is 4.74 Å². The van der Waals surface area contributed by atoms with Gasteiger partial charge in [0.25, 0.3) is 0 Å². The van der Waals surface area contributed by atoms with Crippen molar-refractivity contribution in [2.24, 2.45) is 0 Å². The third-order valence-electron chi connectivity index (χ3n) is 3.10. The van der Waals surface area contributed by atoms with Crippen LogP contribution in [-0.4, -0.2) is 5.11 Å². The Labute approximate surface area is 119 Å². The average Bonchev–Trinajstić information content (AvgIpc) is 2.45. The first-order valence-corrected chi connectivity index (χ1v) is 6.50. The van der Waals surface area contributed by atoms with Gasteiger partial charge in [-0.2, -0.15) is 5.26 Å². The van der Waals surface area contributed by atoms with Crippen molar-refractivity contribution < 1.29 is 9.84 Å². The molecule has 102 valence electrons. The van der Waals surface area contributed by atoms with Crippen molar-refractivity contribution in [3.8, 4) is 11.8 Å². The third-order valence-corrected chi connectivity index (χ3v) is 3.10. The summed E-state index contributed by atoms with van der Waals surface area (Å²) in [6.07, 6.45) is -0.563. The molecule has 0 aromatic heterocycles. The molecule has 0 fully saturated rings. The minimum absolute atomic E-state index is 0.412. The van der Waals surface area contributed by atoms with Crippen LogP contribution >= 0.6 is 0 Å². The lowest BCUT2D eigenvalue weighted by atomic mass is 10.1. The van der Waals surface area contributed by atoms with E-state index < -0.39 is 6.10 Å². The molecule has 0 radical (unpaired) electrons. The fourth-order valence-electron chi connectivity index (χ4n) is 1.95. The van der Waals surface area contributed by atoms with Crippen molar-refractivity contribution in [1.82, 2.24) is 0 Å². The van der Waals surface area contributed by atoms with Gasteiger partial charge in [0, 0.05) is 5.56 Å². The largest absolute Gasteiger partial charge is 0.489 e. The van der Waals surface area contributed by atoms with E-state index in [2.05, 4.69) is 6.07 Å². The molecule has 1 unspecified atom stereocenters. The van der Waals surface area contributed by atoms with E-state index in [-0.39, 0.29) is 0 Å². The van der Waals surface area contributed by atoms with Crippen LogP contribution in [0.15, 0.2) is 42.5 Å². The maximum absolute atomic E-state index is 9.74. The number of nitrogens with zero attached hydrogens (tertiary/aromatic N) is 1. The minimum atomic E-state index is -0.563. The smallest absolute Gasteiger partial charge is 0.125 e. The topological polar surface area (TPSA) is 53.2 Å². The van der Waals surface area contributed by atoms with Crippen LogP contribution in [0.5, 0.6) is 5.75 Å². The number of aliphatic hydroxyl groups is 1. The summed E-state index contributed by atoms with van der Waals surface area (Å²) in [5, 5.41) is 18.5. The van der Waals surface area contributed by atoms with Gasteiger partial charge in [0.2, 0.25) is 0 Å². The number of ether oxygens (including phenoxy) is 1. The molecule has 2 aromatic rings. The fourth-order valence-corrected chi connectivity index (χ4v) is 1.95. The van der Waals surface area contributed by atoms with Gasteiger partial charge in [0.1, 0.15) is 12.4 Å². The fraction of sp³-hybridized carbons (Fsp3) is 0.235. The lowest BCUT2D eigenvalue weighted by molar-refractivity contribution is 0.190. The summed E-state index contributed by atoms with van der Waals surface area (Å²) < 4.78 is 5.80. The molecule has 0 spiro atoms. The molecule has 2 aromatic carbocycles. The Morgan fingerprint density at radius 2 is 1.90 bits per heavy atom. The molecule has 1 atom stereocenters. The second kappa shape index (κ2) is 6.23. The molecule has 0 amide bonds. The van der Waals surface area contributed by atoms with Crippen molar-refractivity contribution in [2.45, 2.75) is 26.6 Å². The highest BCUT2D eigenvalue weighted by Crippen LogP contribution is 2.27. The van der Waals surface area contributed by atoms with Crippen LogP contribution in [0.2, 0.25) is 0 Å². The highest BCUT2D eigenvalue weighted by molar-refractivity contribution is 5.39. The number of aliphatic hydroxyl groups excluding tert-OH is 1. The Kier molecular flexibility index (Phi) is 4.39. The van der Waals surface area contributed by atoms with Crippen LogP contribution in [0.25, 0.3) is 0 Å². The van der Waals surface area contributed by atoms with Gasteiger partial charge in [-0.05, 0) is 43.2 Å². The Morgan fingerprint density at radius 3 is 2.50 bits per heavy atom. The van der Waals surface area contributed by atoms with E-state index in [0.29, 0.717) is 17.9 Å². The van der Waals surface area contributed by atoms with Crippen LogP contribution in [0, 0.1) is 18.3 Å². The SMILES string of the molecule is Cc1ccc(C(C)O)c(OCc2ccc(C#N)cc2)c1. The summed E-state index contributed by atoms with van der Waals surface area (Å²) in [6, 6.07) is 15.1. The van der Waals surface area contributed by atoms with Gasteiger partial charge in [-0.25, -0.2) is 0 Å². The summed E-state index contributed by atoms with van der Waals surface area (Å²) in [5.74, 6) is 0.698. The van der Waals surface area contributed by atoms with Crippen LogP contribution in [0.3, 0.4) is 0 Å². The third kappa shape index (κ3) is 3.37. The number of benzene rings is 2. The van der Waals surface area contributed by atoms with Gasteiger partial charge in [-0.15, -0.1) is 0 Å². The van der Waals surface area contributed by atoms with Crippen molar-refractivity contribution in [2.75, 3.05) is 0 Å². The van der Waals surface area contributed by atoms with Crippen molar-refractivity contribution in [3.63, 3.8) is 0 Å². The summed E-state index contributed by atoms with van der Waals surface area (Å²) in [7, 11) is 0. The number of aryl methyl sites for hydroxylation is 1. The molecular formula is C17H17NO2. The van der Waals surface area contributed by atoms with Crippen molar-refractivity contribution in [1.29, 1.82) is 5.26 Å². The van der Waals surface area contributed by atoms with Gasteiger partial charge < -0.3 is 9.84 Å². The highest BCUT2D eigenvalue weighted by atomic mass is 16.5. The number of hydrogen-bond donors (Lipinski definition) is 1. The lowest BCUT2D eigenvalue weighted by Crippen LogP contribution is -2.01. The maximum Gasteiger partial charge on any atom is 0.125 e. The minimum Gasteiger partial charge on any atom is -0.489 e. The zero-order valence-electron chi connectivity index (χ0n) is 11.6. The molecule has 20 heavy (non-hydrogen) atoms. The molecular weight excluding hydrogens is 250 g/mol. The predicted molar refractivity (Wildman–Crippen MR) is 77.3 cm³/mol. The number of rotatable bonds is 4. The van der Waals surface area contributed by atoms with Gasteiger partial charge in [-0.3, -0.25) is 0 Å². The van der Waals surface area contributed by atoms with Gasteiger partial charge in [-0.1, -0.05) is 24.3 Å². The molecule has 2 rings (SSSR count). The maximum atomic E-state index is 9.74. The monoisotopic (exact) mass is 267 g/mol. The predicted octanol–water partition coefficient (Wildman–Crippen LogP) is 3.50. The quantitative estimate of drug-likeness (QED) is 0.922. The molecule has 0 bridgehead atoms. The standard InChI is InChI=1S/C17H17NO2/c1-12-3-8-16(13(2)19)17(9-12)20-11-15-6-4-14(10-18)5-7-15/h3-9,13,19H,11H2,1-2H3. The number of hydrogen-bond acceptors (Lipinski definition) is 3. The molecule has 0 aliphatic carbocycles. The molecule has 0 saturated carbocycles. The van der Waals surface area contributed by atoms with Crippen LogP contribution in [0.1, 0.15) is 35.3 Å². The Bertz CT molecular complexity index is 624. The normalized spacial score (nSPS) is 11.7. The van der Waals surface area contributed by atoms with E-state index in [9.17, 15) is 5.11 Å². The van der Waals surface area contributed by atoms with Gasteiger partial charge in [0.15, 0.2) is 0 Å². The molecule has 0 aliphatic rings. The summed E-state index contributed by atoms with van der Waals surface area (Å²) in [6.45, 7) is 4.12. The van der Waals surface area contributed by atoms with Crippen LogP contribution in [0.4, 0.5) is 0 Å². The van der Waals surface area contributed by atoms with E-state index in [0.717, 1.165) is 16.7 Å². The second-order valence-electron chi connectivity index (χ2n) is 4.81. The Hall–Kier alpha value is -2.31. The summed E-state index contributed by atoms with van der Waals surface area (Å²) in [5.41, 5.74) is 3.49. The van der Waals surface area contributed by atoms with E-state index >= 15 is 0 Å². The van der Waals surface area contributed by atoms with Crippen molar-refractivity contribution in [3.05, 3.63) is 64.7 Å². The highest BCUT2D eigenvalue weighted by Gasteiger charge is 2.09. The van der Waals surface area contributed by atoms with Crippen LogP contribution in [-0.2, 0) is 6.61 Å². The van der Waals surface area contributed by atoms with Crippen molar-refractivity contribution >= 4 is 0 Å². The second-order valence-corrected chi connectivity index (χ2v) is 4.81. The zero-order chi connectivity index (χ0) is 14.5. The molecule has 3 nitrogen and oxygen atoms in total. The van der Waals surface area contributed by atoms with Gasteiger partial charge >= 0.3 is 0 Å². The molecule has 0 heterocycles. The first-order valence-electron chi connectivity index (χ1n) is 6.50. The van der Waals surface area contributed by atoms with E-state index in [1.165, 1.54) is 0 Å². The van der Waals surface area contributed by atoms with E-state index in [1.54, 1.807) is 19.1 Å².